The van der Waals surface area contributed by atoms with Crippen LogP contribution in [0.25, 0.3) is 88.1 Å². The van der Waals surface area contributed by atoms with Gasteiger partial charge in [-0.15, -0.1) is 0 Å². The van der Waals surface area contributed by atoms with E-state index in [0.29, 0.717) is 0 Å². The van der Waals surface area contributed by atoms with Crippen LogP contribution in [0.15, 0.2) is 170 Å². The summed E-state index contributed by atoms with van der Waals surface area (Å²) in [4.78, 5) is 19.6. The molecule has 268 valence electrons. The Morgan fingerprint density at radius 2 is 0.446 bits per heavy atom. The number of fused-ring (bicyclic) bond motifs is 6. The molecule has 4 nitrogen and oxygen atoms in total. The number of nitrogens with zero attached hydrogens (tertiary/aromatic N) is 4. The van der Waals surface area contributed by atoms with E-state index in [4.69, 9.17) is 19.9 Å². The van der Waals surface area contributed by atoms with Crippen LogP contribution in [0.1, 0.15) is 22.8 Å². The minimum absolute atomic E-state index is 0.970. The molecule has 0 spiro atoms. The van der Waals surface area contributed by atoms with Gasteiger partial charge in [0, 0.05) is 44.3 Å². The first-order valence-corrected chi connectivity index (χ1v) is 19.1. The van der Waals surface area contributed by atoms with Crippen molar-refractivity contribution in [3.8, 4) is 44.5 Å². The Labute approximate surface area is 327 Å². The molecule has 0 aliphatic heterocycles. The number of aromatic nitrogens is 4. The second-order valence-corrected chi connectivity index (χ2v) is 14.4. The number of rotatable bonds is 4. The zero-order chi connectivity index (χ0) is 38.2. The number of hydrogen-bond acceptors (Lipinski definition) is 4. The third kappa shape index (κ3) is 6.56. The highest BCUT2D eigenvalue weighted by molar-refractivity contribution is 6.13. The van der Waals surface area contributed by atoms with Crippen molar-refractivity contribution in [2.75, 3.05) is 0 Å². The van der Waals surface area contributed by atoms with Gasteiger partial charge < -0.3 is 0 Å². The van der Waals surface area contributed by atoms with Gasteiger partial charge in [-0.1, -0.05) is 146 Å². The first kappa shape index (κ1) is 34.7. The van der Waals surface area contributed by atoms with E-state index >= 15 is 0 Å². The zero-order valence-electron chi connectivity index (χ0n) is 32.0. The lowest BCUT2D eigenvalue weighted by Gasteiger charge is -2.13. The van der Waals surface area contributed by atoms with Crippen LogP contribution in [-0.4, -0.2) is 19.9 Å². The number of benzene rings is 6. The molecule has 0 aliphatic rings. The van der Waals surface area contributed by atoms with Crippen molar-refractivity contribution < 1.29 is 0 Å². The van der Waals surface area contributed by atoms with Crippen molar-refractivity contribution in [2.24, 2.45) is 0 Å². The molecular formula is C52H40N4. The molecule has 0 atom stereocenters. The third-order valence-corrected chi connectivity index (χ3v) is 10.4. The Hall–Kier alpha value is -7.04. The maximum absolute atomic E-state index is 4.90. The smallest absolute Gasteiger partial charge is 0.0974 e. The Morgan fingerprint density at radius 1 is 0.250 bits per heavy atom. The summed E-state index contributed by atoms with van der Waals surface area (Å²) in [6.45, 7) is 8.22. The standard InChI is InChI=1S/2C26H20N2/c2*1-17-15-23(19-9-5-3-6-10-19)21-13-14-22-24(20-11-7-4-8-12-20)16-18(2)28-26(22)25(21)27-17/h2*3-16H,1-2H3. The van der Waals surface area contributed by atoms with Gasteiger partial charge in [0.05, 0.1) is 22.1 Å². The van der Waals surface area contributed by atoms with Gasteiger partial charge in [-0.2, -0.15) is 0 Å². The normalized spacial score (nSPS) is 11.2. The number of pyridine rings is 4. The van der Waals surface area contributed by atoms with E-state index in [9.17, 15) is 0 Å². The van der Waals surface area contributed by atoms with Gasteiger partial charge in [-0.25, -0.2) is 0 Å². The van der Waals surface area contributed by atoms with Crippen LogP contribution in [0.5, 0.6) is 0 Å². The predicted octanol–water partition coefficient (Wildman–Crippen LogP) is 13.5. The first-order valence-electron chi connectivity index (χ1n) is 19.1. The van der Waals surface area contributed by atoms with Crippen LogP contribution >= 0.6 is 0 Å². The van der Waals surface area contributed by atoms with Crippen molar-refractivity contribution in [1.29, 1.82) is 0 Å². The van der Waals surface area contributed by atoms with Crippen molar-refractivity contribution in [2.45, 2.75) is 27.7 Å². The van der Waals surface area contributed by atoms with Gasteiger partial charge in [-0.05, 0) is 96.5 Å². The Morgan fingerprint density at radius 3 is 0.643 bits per heavy atom. The number of aryl methyl sites for hydroxylation is 4. The number of hydrogen-bond donors (Lipinski definition) is 0. The molecule has 0 radical (unpaired) electrons. The lowest BCUT2D eigenvalue weighted by atomic mass is 9.95. The lowest BCUT2D eigenvalue weighted by Crippen LogP contribution is -1.94. The molecule has 4 heterocycles. The van der Waals surface area contributed by atoms with E-state index < -0.39 is 0 Å². The maximum atomic E-state index is 4.90. The molecule has 6 aromatic carbocycles. The summed E-state index contributed by atoms with van der Waals surface area (Å²) in [5.74, 6) is 0. The molecule has 0 amide bonds. The van der Waals surface area contributed by atoms with Crippen LogP contribution in [0, 0.1) is 27.7 Å². The molecule has 0 unspecified atom stereocenters. The first-order chi connectivity index (χ1) is 27.4. The maximum Gasteiger partial charge on any atom is 0.0974 e. The minimum atomic E-state index is 0.970. The molecule has 0 aliphatic carbocycles. The summed E-state index contributed by atoms with van der Waals surface area (Å²) in [6.07, 6.45) is 0. The fourth-order valence-corrected chi connectivity index (χ4v) is 7.89. The summed E-state index contributed by atoms with van der Waals surface area (Å²) in [5.41, 5.74) is 17.5. The predicted molar refractivity (Wildman–Crippen MR) is 235 cm³/mol. The molecule has 0 saturated carbocycles. The molecule has 56 heavy (non-hydrogen) atoms. The van der Waals surface area contributed by atoms with E-state index in [2.05, 4.69) is 173 Å². The second-order valence-electron chi connectivity index (χ2n) is 14.4. The molecule has 0 N–H and O–H groups in total. The highest BCUT2D eigenvalue weighted by atomic mass is 14.8. The molecule has 0 bridgehead atoms. The summed E-state index contributed by atoms with van der Waals surface area (Å²) >= 11 is 0. The van der Waals surface area contributed by atoms with Crippen LogP contribution in [0.3, 0.4) is 0 Å². The SMILES string of the molecule is Cc1cc(-c2ccccc2)c2ccc3c(-c4ccccc4)cc(C)nc3c2n1.Cc1cc(-c2ccccc2)c2ccc3c(-c4ccccc4)cc(C)nc3c2n1. The van der Waals surface area contributed by atoms with Crippen molar-refractivity contribution in [1.82, 2.24) is 19.9 Å². The fraction of sp³-hybridized carbons (Fsp3) is 0.0769. The van der Waals surface area contributed by atoms with Gasteiger partial charge in [-0.3, -0.25) is 19.9 Å². The van der Waals surface area contributed by atoms with Crippen molar-refractivity contribution >= 4 is 43.6 Å². The van der Waals surface area contributed by atoms with E-state index in [-0.39, 0.29) is 0 Å². The fourth-order valence-electron chi connectivity index (χ4n) is 7.89. The Balaban J connectivity index is 0.000000146. The monoisotopic (exact) mass is 720 g/mol. The quantitative estimate of drug-likeness (QED) is 0.170. The molecule has 4 heteroatoms. The van der Waals surface area contributed by atoms with E-state index in [1.807, 2.05) is 24.3 Å². The van der Waals surface area contributed by atoms with E-state index in [1.165, 1.54) is 44.5 Å². The zero-order valence-corrected chi connectivity index (χ0v) is 32.0. The summed E-state index contributed by atoms with van der Waals surface area (Å²) < 4.78 is 0. The molecule has 10 aromatic rings. The third-order valence-electron chi connectivity index (χ3n) is 10.4. The molecule has 0 saturated heterocycles. The van der Waals surface area contributed by atoms with Crippen LogP contribution in [0.4, 0.5) is 0 Å². The Kier molecular flexibility index (Phi) is 9.08. The van der Waals surface area contributed by atoms with E-state index in [0.717, 1.165) is 66.4 Å². The van der Waals surface area contributed by atoms with Gasteiger partial charge in [0.1, 0.15) is 0 Å². The largest absolute Gasteiger partial charge is 0.251 e. The second kappa shape index (κ2) is 14.7. The van der Waals surface area contributed by atoms with Crippen molar-refractivity contribution in [3.63, 3.8) is 0 Å². The highest BCUT2D eigenvalue weighted by Gasteiger charge is 2.16. The molecule has 4 aromatic heterocycles. The van der Waals surface area contributed by atoms with Crippen LogP contribution < -0.4 is 0 Å². The van der Waals surface area contributed by atoms with Gasteiger partial charge in [0.2, 0.25) is 0 Å². The average molecular weight is 721 g/mol. The summed E-state index contributed by atoms with van der Waals surface area (Å²) in [7, 11) is 0. The van der Waals surface area contributed by atoms with Gasteiger partial charge >= 0.3 is 0 Å². The lowest BCUT2D eigenvalue weighted by molar-refractivity contribution is 1.23. The molecular weight excluding hydrogens is 681 g/mol. The highest BCUT2D eigenvalue weighted by Crippen LogP contribution is 2.38. The van der Waals surface area contributed by atoms with Gasteiger partial charge in [0.25, 0.3) is 0 Å². The van der Waals surface area contributed by atoms with Crippen LogP contribution in [0.2, 0.25) is 0 Å². The average Bonchev–Trinajstić information content (AvgIpc) is 3.24. The minimum Gasteiger partial charge on any atom is -0.251 e. The van der Waals surface area contributed by atoms with Crippen LogP contribution in [-0.2, 0) is 0 Å². The summed E-state index contributed by atoms with van der Waals surface area (Å²) in [6, 6.07) is 59.4. The van der Waals surface area contributed by atoms with Crippen molar-refractivity contribution in [3.05, 3.63) is 193 Å². The topological polar surface area (TPSA) is 51.6 Å². The van der Waals surface area contributed by atoms with Gasteiger partial charge in [0.15, 0.2) is 0 Å². The Bertz CT molecular complexity index is 2610. The summed E-state index contributed by atoms with van der Waals surface area (Å²) in [5, 5.41) is 4.56. The van der Waals surface area contributed by atoms with E-state index in [1.54, 1.807) is 0 Å². The molecule has 10 rings (SSSR count). The molecule has 0 fully saturated rings.